The number of likely N-dealkylation sites (N-methyl/N-ethyl adjacent to an activating group) is 1. The Kier molecular flexibility index (Phi) is 3.44. The molecule has 0 aromatic rings. The summed E-state index contributed by atoms with van der Waals surface area (Å²) in [6, 6.07) is 2.20. The van der Waals surface area contributed by atoms with E-state index in [4.69, 9.17) is 10.00 Å². The summed E-state index contributed by atoms with van der Waals surface area (Å²) in [6.07, 6.45) is -0.351. The Bertz CT molecular complexity index is 308. The second kappa shape index (κ2) is 4.30. The lowest BCUT2D eigenvalue weighted by Crippen LogP contribution is -2.69. The summed E-state index contributed by atoms with van der Waals surface area (Å²) >= 11 is 0. The molecule has 1 N–H and O–H groups in total. The van der Waals surface area contributed by atoms with Crippen LogP contribution < -0.4 is 5.32 Å². The molecule has 1 aliphatic heterocycles. The van der Waals surface area contributed by atoms with Crippen LogP contribution in [0.5, 0.6) is 0 Å². The van der Waals surface area contributed by atoms with Crippen molar-refractivity contribution in [2.24, 2.45) is 0 Å². The van der Waals surface area contributed by atoms with Crippen LogP contribution in [0, 0.1) is 11.3 Å². The van der Waals surface area contributed by atoms with Crippen molar-refractivity contribution < 1.29 is 9.53 Å². The van der Waals surface area contributed by atoms with Crippen LogP contribution in [0.25, 0.3) is 0 Å². The van der Waals surface area contributed by atoms with Gasteiger partial charge in [-0.15, -0.1) is 0 Å². The van der Waals surface area contributed by atoms with Gasteiger partial charge in [0.2, 0.25) is 0 Å². The van der Waals surface area contributed by atoms with E-state index in [9.17, 15) is 4.79 Å². The van der Waals surface area contributed by atoms with Crippen LogP contribution in [-0.4, -0.2) is 41.8 Å². The number of nitrogens with zero attached hydrogens (tertiary/aromatic N) is 2. The Morgan fingerprint density at radius 3 is 2.50 bits per heavy atom. The standard InChI is InChI=1S/C11H19N3O2/c1-5-13-11(6-12)7-14(8-11)9(15)16-10(2,3)4/h13H,5,7-8H2,1-4H3. The Morgan fingerprint density at radius 2 is 2.12 bits per heavy atom. The predicted octanol–water partition coefficient (Wildman–Crippen LogP) is 1.11. The molecule has 16 heavy (non-hydrogen) atoms. The van der Waals surface area contributed by atoms with Crippen molar-refractivity contribution in [2.45, 2.75) is 38.8 Å². The van der Waals surface area contributed by atoms with Crippen LogP contribution in [-0.2, 0) is 4.74 Å². The van der Waals surface area contributed by atoms with Crippen LogP contribution in [0.1, 0.15) is 27.7 Å². The molecule has 1 fully saturated rings. The smallest absolute Gasteiger partial charge is 0.410 e. The molecular formula is C11H19N3O2. The highest BCUT2D eigenvalue weighted by molar-refractivity contribution is 5.70. The van der Waals surface area contributed by atoms with Gasteiger partial charge in [0.15, 0.2) is 0 Å². The van der Waals surface area contributed by atoms with E-state index in [1.54, 1.807) is 0 Å². The minimum Gasteiger partial charge on any atom is -0.444 e. The lowest BCUT2D eigenvalue weighted by molar-refractivity contribution is -0.00459. The Morgan fingerprint density at radius 1 is 1.56 bits per heavy atom. The third-order valence-electron chi connectivity index (χ3n) is 2.30. The highest BCUT2D eigenvalue weighted by Gasteiger charge is 2.46. The van der Waals surface area contributed by atoms with Gasteiger partial charge in [-0.05, 0) is 27.3 Å². The van der Waals surface area contributed by atoms with Gasteiger partial charge >= 0.3 is 6.09 Å². The number of nitriles is 1. The molecule has 5 heteroatoms. The third-order valence-corrected chi connectivity index (χ3v) is 2.30. The molecule has 0 radical (unpaired) electrons. The molecule has 1 saturated heterocycles. The van der Waals surface area contributed by atoms with E-state index in [2.05, 4.69) is 11.4 Å². The first-order valence-corrected chi connectivity index (χ1v) is 5.46. The number of carbonyl (C=O) groups is 1. The fourth-order valence-electron chi connectivity index (χ4n) is 1.62. The molecule has 1 rings (SSSR count). The van der Waals surface area contributed by atoms with Crippen molar-refractivity contribution in [3.8, 4) is 6.07 Å². The minimum absolute atomic E-state index is 0.351. The number of hydrogen-bond acceptors (Lipinski definition) is 4. The molecule has 5 nitrogen and oxygen atoms in total. The third kappa shape index (κ3) is 2.86. The Balaban J connectivity index is 2.46. The molecule has 0 spiro atoms. The first kappa shape index (κ1) is 12.8. The summed E-state index contributed by atoms with van der Waals surface area (Å²) in [6.45, 7) is 8.93. The highest BCUT2D eigenvalue weighted by Crippen LogP contribution is 2.22. The molecular weight excluding hydrogens is 206 g/mol. The second-order valence-corrected chi connectivity index (χ2v) is 5.06. The number of amides is 1. The van der Waals surface area contributed by atoms with E-state index in [0.717, 1.165) is 6.54 Å². The van der Waals surface area contributed by atoms with E-state index in [1.807, 2.05) is 27.7 Å². The minimum atomic E-state index is -0.578. The largest absolute Gasteiger partial charge is 0.444 e. The highest BCUT2D eigenvalue weighted by atomic mass is 16.6. The molecule has 0 saturated carbocycles. The summed E-state index contributed by atoms with van der Waals surface area (Å²) in [5.41, 5.74) is -1.06. The number of likely N-dealkylation sites (tertiary alicyclic amines) is 1. The number of rotatable bonds is 2. The van der Waals surface area contributed by atoms with Crippen LogP contribution in [0.15, 0.2) is 0 Å². The summed E-state index contributed by atoms with van der Waals surface area (Å²) in [5.74, 6) is 0. The zero-order valence-electron chi connectivity index (χ0n) is 10.3. The van der Waals surface area contributed by atoms with Gasteiger partial charge in [0.1, 0.15) is 11.1 Å². The van der Waals surface area contributed by atoms with Crippen LogP contribution in [0.4, 0.5) is 4.79 Å². The predicted molar refractivity (Wildman–Crippen MR) is 59.8 cm³/mol. The quantitative estimate of drug-likeness (QED) is 0.764. The average Bonchev–Trinajstić information content (AvgIpc) is 2.07. The van der Waals surface area contributed by atoms with Gasteiger partial charge in [-0.1, -0.05) is 6.92 Å². The first-order chi connectivity index (χ1) is 7.32. The maximum Gasteiger partial charge on any atom is 0.410 e. The molecule has 0 aliphatic carbocycles. The van der Waals surface area contributed by atoms with Gasteiger partial charge in [0, 0.05) is 0 Å². The summed E-state index contributed by atoms with van der Waals surface area (Å²) in [4.78, 5) is 13.2. The zero-order valence-corrected chi connectivity index (χ0v) is 10.3. The van der Waals surface area contributed by atoms with Gasteiger partial charge < -0.3 is 9.64 Å². The number of hydrogen-bond donors (Lipinski definition) is 1. The van der Waals surface area contributed by atoms with Gasteiger partial charge in [0.25, 0.3) is 0 Å². The van der Waals surface area contributed by atoms with E-state index in [-0.39, 0.29) is 6.09 Å². The van der Waals surface area contributed by atoms with Crippen LogP contribution in [0.2, 0.25) is 0 Å². The lowest BCUT2D eigenvalue weighted by Gasteiger charge is -2.45. The summed E-state index contributed by atoms with van der Waals surface area (Å²) < 4.78 is 5.21. The molecule has 0 unspecified atom stereocenters. The van der Waals surface area contributed by atoms with E-state index in [1.165, 1.54) is 4.90 Å². The van der Waals surface area contributed by atoms with E-state index in [0.29, 0.717) is 13.1 Å². The molecule has 0 bridgehead atoms. The maximum absolute atomic E-state index is 11.6. The van der Waals surface area contributed by atoms with Crippen molar-refractivity contribution in [3.63, 3.8) is 0 Å². The fourth-order valence-corrected chi connectivity index (χ4v) is 1.62. The van der Waals surface area contributed by atoms with E-state index >= 15 is 0 Å². The van der Waals surface area contributed by atoms with Crippen molar-refractivity contribution >= 4 is 6.09 Å². The molecule has 1 amide bonds. The second-order valence-electron chi connectivity index (χ2n) is 5.06. The van der Waals surface area contributed by atoms with Crippen molar-refractivity contribution in [3.05, 3.63) is 0 Å². The molecule has 0 aromatic carbocycles. The fraction of sp³-hybridized carbons (Fsp3) is 0.818. The molecule has 1 aliphatic rings. The van der Waals surface area contributed by atoms with Crippen LogP contribution >= 0.6 is 0 Å². The average molecular weight is 225 g/mol. The topological polar surface area (TPSA) is 65.4 Å². The maximum atomic E-state index is 11.6. The number of ether oxygens (including phenoxy) is 1. The zero-order chi connectivity index (χ0) is 12.4. The molecule has 1 heterocycles. The first-order valence-electron chi connectivity index (χ1n) is 5.46. The lowest BCUT2D eigenvalue weighted by atomic mass is 9.92. The normalized spacial score (nSPS) is 18.6. The van der Waals surface area contributed by atoms with Crippen molar-refractivity contribution in [1.29, 1.82) is 5.26 Å². The molecule has 90 valence electrons. The van der Waals surface area contributed by atoms with Gasteiger partial charge in [-0.25, -0.2) is 4.79 Å². The van der Waals surface area contributed by atoms with Gasteiger partial charge in [0.05, 0.1) is 19.2 Å². The SMILES string of the molecule is CCNC1(C#N)CN(C(=O)OC(C)(C)C)C1. The van der Waals surface area contributed by atoms with Crippen molar-refractivity contribution in [2.75, 3.05) is 19.6 Å². The summed E-state index contributed by atoms with van der Waals surface area (Å²) in [7, 11) is 0. The van der Waals surface area contributed by atoms with Gasteiger partial charge in [-0.3, -0.25) is 5.32 Å². The number of carbonyl (C=O) groups excluding carboxylic acids is 1. The monoisotopic (exact) mass is 225 g/mol. The number of nitrogens with one attached hydrogen (secondary N) is 1. The summed E-state index contributed by atoms with van der Waals surface area (Å²) in [5, 5.41) is 12.1. The Labute approximate surface area is 96.4 Å². The van der Waals surface area contributed by atoms with E-state index < -0.39 is 11.1 Å². The van der Waals surface area contributed by atoms with Gasteiger partial charge in [-0.2, -0.15) is 5.26 Å². The Hall–Kier alpha value is -1.28. The molecule has 0 atom stereocenters. The van der Waals surface area contributed by atoms with Crippen molar-refractivity contribution in [1.82, 2.24) is 10.2 Å². The molecule has 0 aromatic heterocycles. The van der Waals surface area contributed by atoms with Crippen LogP contribution in [0.3, 0.4) is 0 Å².